The van der Waals surface area contributed by atoms with Crippen LogP contribution in [-0.4, -0.2) is 57.5 Å². The van der Waals surface area contributed by atoms with Crippen LogP contribution in [-0.2, 0) is 0 Å². The summed E-state index contributed by atoms with van der Waals surface area (Å²) in [6, 6.07) is 7.30. The van der Waals surface area contributed by atoms with Crippen molar-refractivity contribution in [3.63, 3.8) is 0 Å². The van der Waals surface area contributed by atoms with Crippen LogP contribution in [0.2, 0.25) is 0 Å². The highest BCUT2D eigenvalue weighted by molar-refractivity contribution is 5.99. The number of halogens is 1. The van der Waals surface area contributed by atoms with Crippen LogP contribution >= 0.6 is 0 Å². The van der Waals surface area contributed by atoms with Gasteiger partial charge in [-0.05, 0) is 101 Å². The maximum absolute atomic E-state index is 14.3. The van der Waals surface area contributed by atoms with E-state index >= 15 is 0 Å². The largest absolute Gasteiger partial charge is 0.339 e. The molecule has 2 fully saturated rings. The highest BCUT2D eigenvalue weighted by Crippen LogP contribution is 2.38. The van der Waals surface area contributed by atoms with E-state index in [1.54, 1.807) is 18.0 Å². The number of pyridine rings is 1. The van der Waals surface area contributed by atoms with Crippen molar-refractivity contribution in [1.82, 2.24) is 19.4 Å². The van der Waals surface area contributed by atoms with Gasteiger partial charge in [-0.2, -0.15) is 0 Å². The molecule has 1 saturated heterocycles. The van der Waals surface area contributed by atoms with E-state index < -0.39 is 5.82 Å². The molecular formula is C31H41FN4O. The van der Waals surface area contributed by atoms with E-state index in [-0.39, 0.29) is 11.9 Å². The third kappa shape index (κ3) is 5.18. The Labute approximate surface area is 220 Å². The van der Waals surface area contributed by atoms with Gasteiger partial charge in [0.2, 0.25) is 0 Å². The van der Waals surface area contributed by atoms with Crippen LogP contribution in [0, 0.1) is 11.7 Å². The number of rotatable bonds is 6. The maximum Gasteiger partial charge on any atom is 0.256 e. The predicted octanol–water partition coefficient (Wildman–Crippen LogP) is 6.79. The fraction of sp³-hybridized carbons (Fsp3) is 0.548. The Morgan fingerprint density at radius 2 is 1.78 bits per heavy atom. The number of benzene rings is 1. The molecule has 5 rings (SSSR count). The fourth-order valence-electron chi connectivity index (χ4n) is 6.47. The lowest BCUT2D eigenvalue weighted by molar-refractivity contribution is 0.0754. The van der Waals surface area contributed by atoms with Crippen LogP contribution in [0.25, 0.3) is 16.6 Å². The quantitative estimate of drug-likeness (QED) is 0.371. The summed E-state index contributed by atoms with van der Waals surface area (Å²) in [4.78, 5) is 22.1. The molecule has 0 N–H and O–H groups in total. The van der Waals surface area contributed by atoms with Crippen molar-refractivity contribution in [2.75, 3.05) is 20.1 Å². The minimum Gasteiger partial charge on any atom is -0.339 e. The topological polar surface area (TPSA) is 41.4 Å². The summed E-state index contributed by atoms with van der Waals surface area (Å²) < 4.78 is 16.4. The van der Waals surface area contributed by atoms with Gasteiger partial charge in [0.1, 0.15) is 5.82 Å². The first kappa shape index (κ1) is 25.9. The number of nitrogens with zero attached hydrogens (tertiary/aromatic N) is 4. The minimum absolute atomic E-state index is 0.0171. The molecule has 6 heteroatoms. The van der Waals surface area contributed by atoms with Crippen LogP contribution < -0.4 is 0 Å². The number of fused-ring (bicyclic) bond motifs is 1. The van der Waals surface area contributed by atoms with E-state index in [0.717, 1.165) is 37.4 Å². The van der Waals surface area contributed by atoms with E-state index in [2.05, 4.69) is 33.6 Å². The Morgan fingerprint density at radius 3 is 2.49 bits per heavy atom. The molecule has 0 spiro atoms. The number of carbonyl (C=O) groups excluding carboxylic acids is 1. The normalized spacial score (nSPS) is 19.0. The molecule has 1 aromatic carbocycles. The number of piperidine rings is 1. The Bertz CT molecular complexity index is 1240. The lowest BCUT2D eigenvalue weighted by atomic mass is 9.82. The van der Waals surface area contributed by atoms with Crippen LogP contribution in [0.1, 0.15) is 87.6 Å². The molecule has 1 aliphatic heterocycles. The first-order valence-corrected chi connectivity index (χ1v) is 14.1. The maximum atomic E-state index is 14.3. The van der Waals surface area contributed by atoms with Gasteiger partial charge in [-0.25, -0.2) is 4.39 Å². The van der Waals surface area contributed by atoms with Crippen molar-refractivity contribution >= 4 is 16.8 Å². The molecule has 0 bridgehead atoms. The number of likely N-dealkylation sites (tertiary alicyclic amines) is 1. The summed E-state index contributed by atoms with van der Waals surface area (Å²) in [5, 5.41) is 1.17. The second kappa shape index (κ2) is 10.9. The van der Waals surface area contributed by atoms with Gasteiger partial charge in [0.15, 0.2) is 0 Å². The first-order chi connectivity index (χ1) is 17.8. The zero-order valence-corrected chi connectivity index (χ0v) is 22.8. The van der Waals surface area contributed by atoms with E-state index in [9.17, 15) is 9.18 Å². The number of amides is 1. The summed E-state index contributed by atoms with van der Waals surface area (Å²) in [6.07, 6.45) is 15.1. The Morgan fingerprint density at radius 1 is 1.05 bits per heavy atom. The fourth-order valence-corrected chi connectivity index (χ4v) is 6.47. The van der Waals surface area contributed by atoms with E-state index in [0.29, 0.717) is 23.2 Å². The standard InChI is InChI=1S/C31H41FN4O/c1-21(2)34(4)31(37)27-18-25(32)10-11-29(27)36-20-28(26-12-15-33-19-30(26)36)24-13-16-35(17-14-24)22(3)23-8-6-5-7-9-23/h10-12,15,18-24H,5-9,13-14,16-17H2,1-4H3/t22-/m1/s1. The summed E-state index contributed by atoms with van der Waals surface area (Å²) in [5.74, 6) is 0.718. The molecular weight excluding hydrogens is 463 g/mol. The third-order valence-electron chi connectivity index (χ3n) is 9.06. The molecule has 1 aliphatic carbocycles. The van der Waals surface area contributed by atoms with Crippen LogP contribution in [0.4, 0.5) is 4.39 Å². The SMILES string of the molecule is CC(C)N(C)C(=O)c1cc(F)ccc1-n1cc(C2CCN([C@H](C)C3CCCCC3)CC2)c2ccncc21. The van der Waals surface area contributed by atoms with Gasteiger partial charge < -0.3 is 14.4 Å². The number of hydrogen-bond donors (Lipinski definition) is 0. The molecule has 3 heterocycles. The second-order valence-corrected chi connectivity index (χ2v) is 11.5. The Kier molecular flexibility index (Phi) is 7.66. The lowest BCUT2D eigenvalue weighted by Gasteiger charge is -2.40. The molecule has 1 amide bonds. The summed E-state index contributed by atoms with van der Waals surface area (Å²) in [7, 11) is 1.77. The number of carbonyl (C=O) groups is 1. The molecule has 3 aromatic rings. The van der Waals surface area contributed by atoms with Gasteiger partial charge in [0.05, 0.1) is 23.0 Å². The van der Waals surface area contributed by atoms with Crippen LogP contribution in [0.3, 0.4) is 0 Å². The summed E-state index contributed by atoms with van der Waals surface area (Å²) in [5.41, 5.74) is 3.34. The van der Waals surface area contributed by atoms with E-state index in [4.69, 9.17) is 0 Å². The highest BCUT2D eigenvalue weighted by Gasteiger charge is 2.30. The van der Waals surface area contributed by atoms with Crippen molar-refractivity contribution < 1.29 is 9.18 Å². The number of aromatic nitrogens is 2. The van der Waals surface area contributed by atoms with Crippen molar-refractivity contribution in [2.24, 2.45) is 5.92 Å². The van der Waals surface area contributed by atoms with Gasteiger partial charge in [-0.1, -0.05) is 19.3 Å². The molecule has 2 aliphatic rings. The molecule has 198 valence electrons. The molecule has 0 unspecified atom stereocenters. The second-order valence-electron chi connectivity index (χ2n) is 11.5. The molecule has 2 aromatic heterocycles. The number of hydrogen-bond acceptors (Lipinski definition) is 3. The summed E-state index contributed by atoms with van der Waals surface area (Å²) in [6.45, 7) is 8.62. The molecule has 1 atom stereocenters. The van der Waals surface area contributed by atoms with Gasteiger partial charge in [0, 0.05) is 36.9 Å². The van der Waals surface area contributed by atoms with Crippen LogP contribution in [0.5, 0.6) is 0 Å². The first-order valence-electron chi connectivity index (χ1n) is 14.1. The van der Waals surface area contributed by atoms with Gasteiger partial charge >= 0.3 is 0 Å². The minimum atomic E-state index is -0.404. The molecule has 1 saturated carbocycles. The van der Waals surface area contributed by atoms with Crippen molar-refractivity contribution in [3.8, 4) is 5.69 Å². The van der Waals surface area contributed by atoms with E-state index in [1.165, 1.54) is 55.2 Å². The monoisotopic (exact) mass is 504 g/mol. The van der Waals surface area contributed by atoms with Gasteiger partial charge in [-0.3, -0.25) is 9.78 Å². The molecule has 0 radical (unpaired) electrons. The summed E-state index contributed by atoms with van der Waals surface area (Å²) >= 11 is 0. The van der Waals surface area contributed by atoms with Crippen molar-refractivity contribution in [1.29, 1.82) is 0 Å². The Hall–Kier alpha value is -2.73. The average molecular weight is 505 g/mol. The third-order valence-corrected chi connectivity index (χ3v) is 9.06. The average Bonchev–Trinajstić information content (AvgIpc) is 3.32. The molecule has 5 nitrogen and oxygen atoms in total. The van der Waals surface area contributed by atoms with Crippen molar-refractivity contribution in [3.05, 3.63) is 59.8 Å². The highest BCUT2D eigenvalue weighted by atomic mass is 19.1. The Balaban J connectivity index is 1.44. The predicted molar refractivity (Wildman–Crippen MR) is 148 cm³/mol. The van der Waals surface area contributed by atoms with Crippen molar-refractivity contribution in [2.45, 2.75) is 83.7 Å². The molecule has 37 heavy (non-hydrogen) atoms. The van der Waals surface area contributed by atoms with Gasteiger partial charge in [-0.15, -0.1) is 0 Å². The lowest BCUT2D eigenvalue weighted by Crippen LogP contribution is -2.43. The van der Waals surface area contributed by atoms with Crippen LogP contribution in [0.15, 0.2) is 42.9 Å². The smallest absolute Gasteiger partial charge is 0.256 e. The van der Waals surface area contributed by atoms with Gasteiger partial charge in [0.25, 0.3) is 5.91 Å². The van der Waals surface area contributed by atoms with E-state index in [1.807, 2.05) is 26.2 Å². The zero-order chi connectivity index (χ0) is 26.1. The zero-order valence-electron chi connectivity index (χ0n) is 22.8.